The molecule has 0 saturated carbocycles. The van der Waals surface area contributed by atoms with E-state index >= 15 is 0 Å². The van der Waals surface area contributed by atoms with E-state index < -0.39 is 0 Å². The minimum Gasteiger partial charge on any atom is -0.371 e. The summed E-state index contributed by atoms with van der Waals surface area (Å²) < 4.78 is 14.2. The highest BCUT2D eigenvalue weighted by molar-refractivity contribution is 6.31. The van der Waals surface area contributed by atoms with Crippen LogP contribution in [0, 0.1) is 5.82 Å². The van der Waals surface area contributed by atoms with Crippen LogP contribution >= 0.6 is 11.6 Å². The first-order chi connectivity index (χ1) is 8.07. The van der Waals surface area contributed by atoms with Crippen LogP contribution in [0.4, 0.5) is 10.1 Å². The SMILES string of the molecule is CCN1CC(CC)(CC)c2c(F)cc(Cl)cc21. The van der Waals surface area contributed by atoms with Gasteiger partial charge in [-0.2, -0.15) is 0 Å². The van der Waals surface area contributed by atoms with Gasteiger partial charge in [-0.25, -0.2) is 4.39 Å². The molecule has 1 aliphatic rings. The van der Waals surface area contributed by atoms with E-state index in [1.165, 1.54) is 6.07 Å². The second kappa shape index (κ2) is 4.49. The molecule has 0 fully saturated rings. The monoisotopic (exact) mass is 255 g/mol. The minimum atomic E-state index is -0.146. The van der Waals surface area contributed by atoms with Gasteiger partial charge in [0.2, 0.25) is 0 Å². The molecule has 1 nitrogen and oxygen atoms in total. The molecule has 1 aromatic rings. The van der Waals surface area contributed by atoms with E-state index in [1.807, 2.05) is 6.07 Å². The fourth-order valence-electron chi connectivity index (χ4n) is 2.97. The maximum atomic E-state index is 14.2. The van der Waals surface area contributed by atoms with Gasteiger partial charge in [-0.15, -0.1) is 0 Å². The molecule has 3 heteroatoms. The van der Waals surface area contributed by atoms with Gasteiger partial charge in [0.25, 0.3) is 0 Å². The van der Waals surface area contributed by atoms with Crippen LogP contribution in [0.3, 0.4) is 0 Å². The zero-order chi connectivity index (χ0) is 12.6. The zero-order valence-corrected chi connectivity index (χ0v) is 11.4. The van der Waals surface area contributed by atoms with Crippen molar-refractivity contribution in [3.8, 4) is 0 Å². The average Bonchev–Trinajstić information content (AvgIpc) is 2.63. The van der Waals surface area contributed by atoms with Gasteiger partial charge in [-0.05, 0) is 31.9 Å². The van der Waals surface area contributed by atoms with Crippen LogP contribution in [0.5, 0.6) is 0 Å². The summed E-state index contributed by atoms with van der Waals surface area (Å²) in [6.45, 7) is 8.18. The second-order valence-electron chi connectivity index (χ2n) is 4.78. The molecular formula is C14H19ClFN. The third-order valence-electron chi connectivity index (χ3n) is 4.13. The van der Waals surface area contributed by atoms with Crippen LogP contribution in [0.25, 0.3) is 0 Å². The van der Waals surface area contributed by atoms with Crippen molar-refractivity contribution in [2.45, 2.75) is 39.0 Å². The van der Waals surface area contributed by atoms with Crippen molar-refractivity contribution in [2.75, 3.05) is 18.0 Å². The molecule has 1 aliphatic heterocycles. The highest BCUT2D eigenvalue weighted by Gasteiger charge is 2.41. The molecule has 94 valence electrons. The topological polar surface area (TPSA) is 3.24 Å². The van der Waals surface area contributed by atoms with E-state index in [9.17, 15) is 4.39 Å². The second-order valence-corrected chi connectivity index (χ2v) is 5.22. The Labute approximate surface area is 108 Å². The fraction of sp³-hybridized carbons (Fsp3) is 0.571. The summed E-state index contributed by atoms with van der Waals surface area (Å²) in [5.41, 5.74) is 1.81. The van der Waals surface area contributed by atoms with Gasteiger partial charge >= 0.3 is 0 Å². The summed E-state index contributed by atoms with van der Waals surface area (Å²) in [6.07, 6.45) is 1.93. The van der Waals surface area contributed by atoms with Gasteiger partial charge in [0.05, 0.1) is 0 Å². The van der Waals surface area contributed by atoms with Crippen LogP contribution in [0.1, 0.15) is 39.2 Å². The Morgan fingerprint density at radius 1 is 1.29 bits per heavy atom. The van der Waals surface area contributed by atoms with Crippen molar-refractivity contribution in [2.24, 2.45) is 0 Å². The molecule has 0 N–H and O–H groups in total. The summed E-state index contributed by atoms with van der Waals surface area (Å²) in [5.74, 6) is -0.146. The van der Waals surface area contributed by atoms with E-state index in [2.05, 4.69) is 25.7 Å². The highest BCUT2D eigenvalue weighted by atomic mass is 35.5. The largest absolute Gasteiger partial charge is 0.371 e. The summed E-state index contributed by atoms with van der Waals surface area (Å²) in [6, 6.07) is 3.34. The van der Waals surface area contributed by atoms with Gasteiger partial charge in [0, 0.05) is 34.8 Å². The molecule has 0 radical (unpaired) electrons. The van der Waals surface area contributed by atoms with Gasteiger partial charge in [-0.3, -0.25) is 0 Å². The van der Waals surface area contributed by atoms with Gasteiger partial charge in [0.15, 0.2) is 0 Å². The molecule has 0 atom stereocenters. The summed E-state index contributed by atoms with van der Waals surface area (Å²) >= 11 is 5.96. The standard InChI is InChI=1S/C14H19ClFN/c1-4-14(5-2)9-17(6-3)12-8-10(15)7-11(16)13(12)14/h7-8H,4-6,9H2,1-3H3. The predicted molar refractivity (Wildman–Crippen MR) is 71.6 cm³/mol. The lowest BCUT2D eigenvalue weighted by Crippen LogP contribution is -2.32. The Morgan fingerprint density at radius 3 is 2.47 bits per heavy atom. The normalized spacial score (nSPS) is 17.4. The van der Waals surface area contributed by atoms with E-state index in [0.29, 0.717) is 5.02 Å². The third-order valence-corrected chi connectivity index (χ3v) is 4.35. The number of fused-ring (bicyclic) bond motifs is 1. The number of hydrogen-bond donors (Lipinski definition) is 0. The minimum absolute atomic E-state index is 0.0417. The van der Waals surface area contributed by atoms with Crippen molar-refractivity contribution in [1.82, 2.24) is 0 Å². The van der Waals surface area contributed by atoms with Crippen molar-refractivity contribution < 1.29 is 4.39 Å². The molecule has 1 heterocycles. The first-order valence-corrected chi connectivity index (χ1v) is 6.70. The maximum Gasteiger partial charge on any atom is 0.130 e. The van der Waals surface area contributed by atoms with Gasteiger partial charge < -0.3 is 4.90 Å². The number of likely N-dealkylation sites (N-methyl/N-ethyl adjacent to an activating group) is 1. The lowest BCUT2D eigenvalue weighted by atomic mass is 9.77. The fourth-order valence-corrected chi connectivity index (χ4v) is 3.17. The zero-order valence-electron chi connectivity index (χ0n) is 10.7. The molecule has 17 heavy (non-hydrogen) atoms. The lowest BCUT2D eigenvalue weighted by molar-refractivity contribution is 0.404. The third kappa shape index (κ3) is 1.83. The van der Waals surface area contributed by atoms with Crippen LogP contribution in [0.2, 0.25) is 5.02 Å². The number of anilines is 1. The molecule has 0 unspecified atom stereocenters. The Bertz CT molecular complexity index is 426. The summed E-state index contributed by atoms with van der Waals surface area (Å²) in [5, 5.41) is 0.489. The highest BCUT2D eigenvalue weighted by Crippen LogP contribution is 2.47. The van der Waals surface area contributed by atoms with Gasteiger partial charge in [0.1, 0.15) is 5.82 Å². The molecule has 0 aromatic heterocycles. The number of benzene rings is 1. The molecule has 0 bridgehead atoms. The molecule has 2 rings (SSSR count). The number of hydrogen-bond acceptors (Lipinski definition) is 1. The van der Waals surface area contributed by atoms with Crippen molar-refractivity contribution >= 4 is 17.3 Å². The quantitative estimate of drug-likeness (QED) is 0.775. The predicted octanol–water partition coefficient (Wildman–Crippen LogP) is 4.38. The molecule has 0 spiro atoms. The van der Waals surface area contributed by atoms with E-state index in [0.717, 1.165) is 37.2 Å². The van der Waals surface area contributed by atoms with Crippen LogP contribution < -0.4 is 4.90 Å². The van der Waals surface area contributed by atoms with Gasteiger partial charge in [-0.1, -0.05) is 25.4 Å². The molecule has 0 aliphatic carbocycles. The van der Waals surface area contributed by atoms with Crippen molar-refractivity contribution in [3.05, 3.63) is 28.5 Å². The van der Waals surface area contributed by atoms with E-state index in [1.54, 1.807) is 0 Å². The Hall–Kier alpha value is -0.760. The summed E-state index contributed by atoms with van der Waals surface area (Å²) in [7, 11) is 0. The number of nitrogens with zero attached hydrogens (tertiary/aromatic N) is 1. The van der Waals surface area contributed by atoms with Crippen LogP contribution in [0.15, 0.2) is 12.1 Å². The summed E-state index contributed by atoms with van der Waals surface area (Å²) in [4.78, 5) is 2.23. The van der Waals surface area contributed by atoms with Crippen molar-refractivity contribution in [3.63, 3.8) is 0 Å². The van der Waals surface area contributed by atoms with Crippen molar-refractivity contribution in [1.29, 1.82) is 0 Å². The Kier molecular flexibility index (Phi) is 3.35. The lowest BCUT2D eigenvalue weighted by Gasteiger charge is -2.28. The number of rotatable bonds is 3. The average molecular weight is 256 g/mol. The maximum absolute atomic E-state index is 14.2. The van der Waals surface area contributed by atoms with E-state index in [4.69, 9.17) is 11.6 Å². The number of halogens is 2. The molecule has 1 aromatic carbocycles. The van der Waals surface area contributed by atoms with E-state index in [-0.39, 0.29) is 11.2 Å². The smallest absolute Gasteiger partial charge is 0.130 e. The first-order valence-electron chi connectivity index (χ1n) is 6.32. The molecule has 0 saturated heterocycles. The Morgan fingerprint density at radius 2 is 1.94 bits per heavy atom. The Balaban J connectivity index is 2.64. The van der Waals surface area contributed by atoms with Crippen LogP contribution in [-0.4, -0.2) is 13.1 Å². The first kappa shape index (κ1) is 12.7. The molecule has 0 amide bonds. The molecular weight excluding hydrogens is 237 g/mol. The van der Waals surface area contributed by atoms with Crippen LogP contribution in [-0.2, 0) is 5.41 Å².